The lowest BCUT2D eigenvalue weighted by atomic mass is 10.3. The van der Waals surface area contributed by atoms with Crippen molar-refractivity contribution in [2.45, 2.75) is 26.8 Å². The van der Waals surface area contributed by atoms with Crippen molar-refractivity contribution in [3.8, 4) is 0 Å². The van der Waals surface area contributed by atoms with Crippen LogP contribution in [0.2, 0.25) is 0 Å². The van der Waals surface area contributed by atoms with Crippen LogP contribution in [0.15, 0.2) is 6.33 Å². The number of rotatable bonds is 4. The van der Waals surface area contributed by atoms with Gasteiger partial charge in [0.05, 0.1) is 25.2 Å². The van der Waals surface area contributed by atoms with Crippen LogP contribution in [-0.4, -0.2) is 28.6 Å². The number of ether oxygens (including phenoxy) is 1. The van der Waals surface area contributed by atoms with E-state index in [2.05, 4.69) is 4.98 Å². The van der Waals surface area contributed by atoms with E-state index < -0.39 is 18.9 Å². The fourth-order valence-electron chi connectivity index (χ4n) is 1.23. The molecule has 0 N–H and O–H groups in total. The molecule has 1 rings (SSSR count). The van der Waals surface area contributed by atoms with E-state index in [0.29, 0.717) is 5.69 Å². The number of carbonyl (C=O) groups is 1. The summed E-state index contributed by atoms with van der Waals surface area (Å²) >= 11 is 0. The Morgan fingerprint density at radius 3 is 2.87 bits per heavy atom. The molecule has 0 fully saturated rings. The number of hydrogen-bond donors (Lipinski definition) is 0. The molecule has 1 heterocycles. The maximum Gasteiger partial charge on any atom is 0.356 e. The van der Waals surface area contributed by atoms with Crippen LogP contribution in [0.4, 0.5) is 8.78 Å². The van der Waals surface area contributed by atoms with E-state index in [-0.39, 0.29) is 12.3 Å². The van der Waals surface area contributed by atoms with Crippen molar-refractivity contribution in [2.75, 3.05) is 6.61 Å². The lowest BCUT2D eigenvalue weighted by Crippen LogP contribution is -2.16. The predicted molar refractivity (Wildman–Crippen MR) is 48.9 cm³/mol. The number of alkyl halides is 2. The minimum atomic E-state index is -2.52. The van der Waals surface area contributed by atoms with Crippen LogP contribution < -0.4 is 0 Å². The SMILES string of the molecule is CCOC(=O)c1c(C)ncn1CC(F)F. The molecule has 0 unspecified atom stereocenters. The molecule has 0 aromatic carbocycles. The monoisotopic (exact) mass is 218 g/mol. The first-order valence-electron chi connectivity index (χ1n) is 4.53. The number of halogens is 2. The Bertz CT molecular complexity index is 350. The molecule has 84 valence electrons. The summed E-state index contributed by atoms with van der Waals surface area (Å²) in [6.45, 7) is 2.89. The van der Waals surface area contributed by atoms with Gasteiger partial charge in [-0.05, 0) is 13.8 Å². The van der Waals surface area contributed by atoms with E-state index >= 15 is 0 Å². The maximum absolute atomic E-state index is 12.2. The van der Waals surface area contributed by atoms with Gasteiger partial charge in [-0.15, -0.1) is 0 Å². The molecule has 0 aliphatic heterocycles. The normalized spacial score (nSPS) is 10.7. The summed E-state index contributed by atoms with van der Waals surface area (Å²) in [6.07, 6.45) is -1.31. The standard InChI is InChI=1S/C9H12F2N2O2/c1-3-15-9(14)8-6(2)12-5-13(8)4-7(10)11/h5,7H,3-4H2,1-2H3. The molecule has 0 atom stereocenters. The Kier molecular flexibility index (Phi) is 3.76. The van der Waals surface area contributed by atoms with Gasteiger partial charge < -0.3 is 9.30 Å². The average Bonchev–Trinajstić information content (AvgIpc) is 2.46. The van der Waals surface area contributed by atoms with Crippen LogP contribution >= 0.6 is 0 Å². The second-order valence-corrected chi connectivity index (χ2v) is 2.94. The second-order valence-electron chi connectivity index (χ2n) is 2.94. The van der Waals surface area contributed by atoms with Gasteiger partial charge in [-0.3, -0.25) is 0 Å². The third-order valence-electron chi connectivity index (χ3n) is 1.82. The van der Waals surface area contributed by atoms with E-state index in [4.69, 9.17) is 4.74 Å². The quantitative estimate of drug-likeness (QED) is 0.721. The van der Waals surface area contributed by atoms with Gasteiger partial charge in [0.15, 0.2) is 0 Å². The first-order chi connectivity index (χ1) is 7.06. The molecule has 0 saturated carbocycles. The Morgan fingerprint density at radius 1 is 1.67 bits per heavy atom. The zero-order valence-electron chi connectivity index (χ0n) is 8.54. The number of hydrogen-bond acceptors (Lipinski definition) is 3. The fraction of sp³-hybridized carbons (Fsp3) is 0.556. The van der Waals surface area contributed by atoms with Gasteiger partial charge >= 0.3 is 5.97 Å². The molecule has 0 aliphatic carbocycles. The zero-order valence-corrected chi connectivity index (χ0v) is 8.54. The highest BCUT2D eigenvalue weighted by Gasteiger charge is 2.19. The molecule has 0 aliphatic rings. The number of imidazole rings is 1. The molecule has 6 heteroatoms. The highest BCUT2D eigenvalue weighted by atomic mass is 19.3. The van der Waals surface area contributed by atoms with Crippen molar-refractivity contribution >= 4 is 5.97 Å². The van der Waals surface area contributed by atoms with E-state index in [1.54, 1.807) is 13.8 Å². The maximum atomic E-state index is 12.2. The average molecular weight is 218 g/mol. The van der Waals surface area contributed by atoms with E-state index in [1.165, 1.54) is 6.33 Å². The minimum Gasteiger partial charge on any atom is -0.461 e. The van der Waals surface area contributed by atoms with E-state index in [1.807, 2.05) is 0 Å². The minimum absolute atomic E-state index is 0.0946. The van der Waals surface area contributed by atoms with Crippen LogP contribution in [-0.2, 0) is 11.3 Å². The molecule has 1 aromatic heterocycles. The van der Waals surface area contributed by atoms with Crippen LogP contribution in [0.5, 0.6) is 0 Å². The smallest absolute Gasteiger partial charge is 0.356 e. The zero-order chi connectivity index (χ0) is 11.4. The Balaban J connectivity index is 2.93. The molecule has 0 radical (unpaired) electrons. The molecule has 0 bridgehead atoms. The van der Waals surface area contributed by atoms with E-state index in [0.717, 1.165) is 4.57 Å². The van der Waals surface area contributed by atoms with Crippen LogP contribution in [0.25, 0.3) is 0 Å². The summed E-state index contributed by atoms with van der Waals surface area (Å²) in [5.41, 5.74) is 0.492. The van der Waals surface area contributed by atoms with Crippen molar-refractivity contribution in [1.29, 1.82) is 0 Å². The van der Waals surface area contributed by atoms with Gasteiger partial charge in [0, 0.05) is 0 Å². The fourth-order valence-corrected chi connectivity index (χ4v) is 1.23. The van der Waals surface area contributed by atoms with Crippen LogP contribution in [0.1, 0.15) is 23.1 Å². The van der Waals surface area contributed by atoms with Crippen molar-refractivity contribution in [1.82, 2.24) is 9.55 Å². The van der Waals surface area contributed by atoms with Gasteiger partial charge in [-0.25, -0.2) is 18.6 Å². The lowest BCUT2D eigenvalue weighted by molar-refractivity contribution is 0.0505. The van der Waals surface area contributed by atoms with E-state index in [9.17, 15) is 13.6 Å². The largest absolute Gasteiger partial charge is 0.461 e. The molecule has 1 aromatic rings. The van der Waals surface area contributed by atoms with Gasteiger partial charge in [0.1, 0.15) is 5.69 Å². The molecular weight excluding hydrogens is 206 g/mol. The van der Waals surface area contributed by atoms with Crippen LogP contribution in [0, 0.1) is 6.92 Å². The molecular formula is C9H12F2N2O2. The topological polar surface area (TPSA) is 44.1 Å². The Morgan fingerprint density at radius 2 is 2.33 bits per heavy atom. The molecule has 0 amide bonds. The second kappa shape index (κ2) is 4.86. The summed E-state index contributed by atoms with van der Waals surface area (Å²) in [7, 11) is 0. The molecule has 0 spiro atoms. The Labute approximate surface area is 85.9 Å². The van der Waals surface area contributed by atoms with Gasteiger partial charge in [-0.1, -0.05) is 0 Å². The highest BCUT2D eigenvalue weighted by molar-refractivity contribution is 5.88. The predicted octanol–water partition coefficient (Wildman–Crippen LogP) is 1.63. The third-order valence-corrected chi connectivity index (χ3v) is 1.82. The summed E-state index contributed by atoms with van der Waals surface area (Å²) < 4.78 is 30.2. The summed E-state index contributed by atoms with van der Waals surface area (Å²) in [4.78, 5) is 15.2. The number of nitrogens with zero attached hydrogens (tertiary/aromatic N) is 2. The van der Waals surface area contributed by atoms with Crippen molar-refractivity contribution in [3.63, 3.8) is 0 Å². The Hall–Kier alpha value is -1.46. The number of esters is 1. The number of carbonyl (C=O) groups excluding carboxylic acids is 1. The first-order valence-corrected chi connectivity index (χ1v) is 4.53. The molecule has 4 nitrogen and oxygen atoms in total. The lowest BCUT2D eigenvalue weighted by Gasteiger charge is -2.07. The van der Waals surface area contributed by atoms with Crippen molar-refractivity contribution in [3.05, 3.63) is 17.7 Å². The van der Waals surface area contributed by atoms with Gasteiger partial charge in [0.2, 0.25) is 0 Å². The number of aromatic nitrogens is 2. The third kappa shape index (κ3) is 2.74. The summed E-state index contributed by atoms with van der Waals surface area (Å²) in [5, 5.41) is 0. The molecule has 15 heavy (non-hydrogen) atoms. The van der Waals surface area contributed by atoms with Crippen molar-refractivity contribution < 1.29 is 18.3 Å². The number of aryl methyl sites for hydroxylation is 1. The van der Waals surface area contributed by atoms with Crippen LogP contribution in [0.3, 0.4) is 0 Å². The summed E-state index contributed by atoms with van der Waals surface area (Å²) in [6, 6.07) is 0. The van der Waals surface area contributed by atoms with Gasteiger partial charge in [0.25, 0.3) is 6.43 Å². The first kappa shape index (κ1) is 11.6. The molecule has 0 saturated heterocycles. The summed E-state index contributed by atoms with van der Waals surface area (Å²) in [5.74, 6) is -0.617. The highest BCUT2D eigenvalue weighted by Crippen LogP contribution is 2.10. The van der Waals surface area contributed by atoms with Crippen molar-refractivity contribution in [2.24, 2.45) is 0 Å². The van der Waals surface area contributed by atoms with Gasteiger partial charge in [-0.2, -0.15) is 0 Å².